The number of aryl methyl sites for hydroxylation is 2. The van der Waals surface area contributed by atoms with Crippen molar-refractivity contribution in [3.63, 3.8) is 0 Å². The Balaban J connectivity index is 0.000000494. The summed E-state index contributed by atoms with van der Waals surface area (Å²) >= 11 is 0. The van der Waals surface area contributed by atoms with E-state index in [1.54, 1.807) is 12.1 Å². The summed E-state index contributed by atoms with van der Waals surface area (Å²) in [6.45, 7) is 3.99. The van der Waals surface area contributed by atoms with Crippen molar-refractivity contribution in [1.29, 1.82) is 0 Å². The molecule has 0 unspecified atom stereocenters. The fourth-order valence-electron chi connectivity index (χ4n) is 1.54. The average Bonchev–Trinajstić information content (AvgIpc) is 2.31. The van der Waals surface area contributed by atoms with Gasteiger partial charge in [0, 0.05) is 19.7 Å². The van der Waals surface area contributed by atoms with E-state index in [0.29, 0.717) is 6.41 Å². The molecule has 0 aliphatic rings. The van der Waals surface area contributed by atoms with Crippen LogP contribution in [0.25, 0.3) is 0 Å². The minimum Gasteiger partial charge on any atom is -0.392 e. The molecule has 0 fully saturated rings. The van der Waals surface area contributed by atoms with Crippen LogP contribution in [0.4, 0.5) is 5.69 Å². The van der Waals surface area contributed by atoms with Gasteiger partial charge in [0.05, 0.1) is 12.3 Å². The summed E-state index contributed by atoms with van der Waals surface area (Å²) in [5.41, 5.74) is 3.98. The number of aliphatic hydroxyl groups is 1. The Bertz CT molecular complexity index is 392. The zero-order valence-corrected chi connectivity index (χ0v) is 11.3. The van der Waals surface area contributed by atoms with Gasteiger partial charge >= 0.3 is 0 Å². The number of anilines is 1. The molecule has 1 aromatic rings. The average molecular weight is 254 g/mol. The molecule has 6 nitrogen and oxygen atoms in total. The molecule has 5 N–H and O–H groups in total. The van der Waals surface area contributed by atoms with E-state index in [0.717, 1.165) is 27.4 Å². The third-order valence-electron chi connectivity index (χ3n) is 2.40. The number of hydrogen-bond acceptors (Lipinski definition) is 5. The van der Waals surface area contributed by atoms with Gasteiger partial charge in [0.25, 0.3) is 0 Å². The van der Waals surface area contributed by atoms with Crippen molar-refractivity contribution in [2.24, 2.45) is 11.7 Å². The summed E-state index contributed by atoms with van der Waals surface area (Å²) in [6.07, 6.45) is 0.528. The molecule has 0 saturated carbocycles. The fourth-order valence-corrected chi connectivity index (χ4v) is 1.54. The Morgan fingerprint density at radius 1 is 1.22 bits per heavy atom. The van der Waals surface area contributed by atoms with Crippen LogP contribution in [0.1, 0.15) is 16.7 Å². The fraction of sp³-hybridized carbons (Fsp3) is 0.417. The number of aliphatic hydroxyl groups excluding tert-OH is 1. The third-order valence-corrected chi connectivity index (χ3v) is 2.40. The Morgan fingerprint density at radius 2 is 1.67 bits per heavy atom. The minimum atomic E-state index is 0.0321. The largest absolute Gasteiger partial charge is 0.392 e. The van der Waals surface area contributed by atoms with Crippen LogP contribution < -0.4 is 16.7 Å². The van der Waals surface area contributed by atoms with Crippen molar-refractivity contribution in [3.8, 4) is 0 Å². The van der Waals surface area contributed by atoms with Crippen LogP contribution >= 0.6 is 0 Å². The Labute approximate surface area is 108 Å². The summed E-state index contributed by atoms with van der Waals surface area (Å²) in [6, 6.07) is 4.00. The lowest BCUT2D eigenvalue weighted by Crippen LogP contribution is -2.27. The number of hydrogen-bond donors (Lipinski definition) is 3. The zero-order chi connectivity index (χ0) is 14.3. The van der Waals surface area contributed by atoms with E-state index in [2.05, 4.69) is 0 Å². The Hall–Kier alpha value is -1.63. The van der Waals surface area contributed by atoms with Gasteiger partial charge in [-0.15, -0.1) is 0 Å². The molecule has 0 saturated heterocycles. The van der Waals surface area contributed by atoms with Gasteiger partial charge in [-0.3, -0.25) is 9.80 Å². The molecule has 0 aliphatic heterocycles. The molecule has 0 atom stereocenters. The van der Waals surface area contributed by atoms with Gasteiger partial charge in [0.15, 0.2) is 0 Å². The molecule has 0 radical (unpaired) electrons. The van der Waals surface area contributed by atoms with Gasteiger partial charge in [-0.25, -0.2) is 11.7 Å². The SMILES string of the molecule is CN(N)C=O.Cc1ccc(C)c(N(C)N)c1CO. The number of benzene rings is 1. The third kappa shape index (κ3) is 4.70. The van der Waals surface area contributed by atoms with Crippen molar-refractivity contribution < 1.29 is 9.90 Å². The van der Waals surface area contributed by atoms with Gasteiger partial charge < -0.3 is 10.1 Å². The maximum absolute atomic E-state index is 9.31. The highest BCUT2D eigenvalue weighted by Crippen LogP contribution is 2.25. The maximum atomic E-state index is 9.31. The summed E-state index contributed by atoms with van der Waals surface area (Å²) in [7, 11) is 3.24. The van der Waals surface area contributed by atoms with Crippen molar-refractivity contribution in [3.05, 3.63) is 28.8 Å². The smallest absolute Gasteiger partial charge is 0.223 e. The van der Waals surface area contributed by atoms with Gasteiger partial charge in [0.2, 0.25) is 6.41 Å². The molecule has 0 bridgehead atoms. The maximum Gasteiger partial charge on any atom is 0.223 e. The second kappa shape index (κ2) is 7.65. The lowest BCUT2D eigenvalue weighted by atomic mass is 10.0. The first kappa shape index (κ1) is 16.4. The number of nitrogens with zero attached hydrogens (tertiary/aromatic N) is 2. The van der Waals surface area contributed by atoms with Crippen molar-refractivity contribution in [2.75, 3.05) is 19.1 Å². The number of amides is 1. The van der Waals surface area contributed by atoms with Crippen LogP contribution in [0.3, 0.4) is 0 Å². The van der Waals surface area contributed by atoms with Gasteiger partial charge in [0.1, 0.15) is 0 Å². The molecule has 18 heavy (non-hydrogen) atoms. The van der Waals surface area contributed by atoms with E-state index in [4.69, 9.17) is 11.7 Å². The highest BCUT2D eigenvalue weighted by atomic mass is 16.3. The quantitative estimate of drug-likeness (QED) is 0.307. The molecule has 0 aromatic heterocycles. The number of carbonyl (C=O) groups excluding carboxylic acids is 1. The molecule has 0 heterocycles. The number of hydrazine groups is 2. The highest BCUT2D eigenvalue weighted by molar-refractivity contribution is 5.60. The van der Waals surface area contributed by atoms with Crippen molar-refractivity contribution >= 4 is 12.1 Å². The molecule has 6 heteroatoms. The summed E-state index contributed by atoms with van der Waals surface area (Å²) < 4.78 is 0. The van der Waals surface area contributed by atoms with Crippen LogP contribution in [0, 0.1) is 13.8 Å². The summed E-state index contributed by atoms with van der Waals surface area (Å²) in [5, 5.41) is 11.7. The van der Waals surface area contributed by atoms with Crippen LogP contribution in [-0.2, 0) is 11.4 Å². The van der Waals surface area contributed by atoms with Crippen LogP contribution in [0.5, 0.6) is 0 Å². The molecule has 1 amide bonds. The number of carbonyl (C=O) groups is 1. The zero-order valence-electron chi connectivity index (χ0n) is 11.3. The van der Waals surface area contributed by atoms with Gasteiger partial charge in [-0.05, 0) is 25.0 Å². The van der Waals surface area contributed by atoms with E-state index in [9.17, 15) is 9.90 Å². The van der Waals surface area contributed by atoms with E-state index in [-0.39, 0.29) is 6.61 Å². The monoisotopic (exact) mass is 254 g/mol. The first-order valence-corrected chi connectivity index (χ1v) is 5.46. The first-order valence-electron chi connectivity index (χ1n) is 5.46. The van der Waals surface area contributed by atoms with Crippen molar-refractivity contribution in [2.45, 2.75) is 20.5 Å². The van der Waals surface area contributed by atoms with Crippen LogP contribution in [0.15, 0.2) is 12.1 Å². The molecule has 1 aromatic carbocycles. The van der Waals surface area contributed by atoms with Gasteiger partial charge in [-0.1, -0.05) is 12.1 Å². The normalized spacial score (nSPS) is 9.28. The predicted molar refractivity (Wildman–Crippen MR) is 72.4 cm³/mol. The van der Waals surface area contributed by atoms with Gasteiger partial charge in [-0.2, -0.15) is 0 Å². The Morgan fingerprint density at radius 3 is 1.94 bits per heavy atom. The lowest BCUT2D eigenvalue weighted by molar-refractivity contribution is -0.117. The van der Waals surface area contributed by atoms with E-state index in [1.807, 2.05) is 26.0 Å². The highest BCUT2D eigenvalue weighted by Gasteiger charge is 2.09. The molecule has 0 spiro atoms. The number of rotatable bonds is 3. The van der Waals surface area contributed by atoms with E-state index >= 15 is 0 Å². The first-order chi connectivity index (χ1) is 8.34. The predicted octanol–water partition coefficient (Wildman–Crippen LogP) is 0.0539. The molecular formula is C12H22N4O2. The lowest BCUT2D eigenvalue weighted by Gasteiger charge is -2.20. The summed E-state index contributed by atoms with van der Waals surface area (Å²) in [5.74, 6) is 10.4. The second-order valence-electron chi connectivity index (χ2n) is 4.07. The minimum absolute atomic E-state index is 0.0321. The molecular weight excluding hydrogens is 232 g/mol. The number of nitrogens with two attached hydrogens (primary N) is 2. The topological polar surface area (TPSA) is 95.8 Å². The van der Waals surface area contributed by atoms with Crippen molar-refractivity contribution in [1.82, 2.24) is 5.01 Å². The van der Waals surface area contributed by atoms with Crippen LogP contribution in [0.2, 0.25) is 0 Å². The Kier molecular flexibility index (Phi) is 6.96. The summed E-state index contributed by atoms with van der Waals surface area (Å²) in [4.78, 5) is 9.31. The van der Waals surface area contributed by atoms with E-state index < -0.39 is 0 Å². The van der Waals surface area contributed by atoms with Crippen LogP contribution in [-0.4, -0.2) is 30.6 Å². The van der Waals surface area contributed by atoms with E-state index in [1.165, 1.54) is 7.05 Å². The molecule has 0 aliphatic carbocycles. The second-order valence-corrected chi connectivity index (χ2v) is 4.07. The standard InChI is InChI=1S/C10H16N2O.C2H6N2O/c1-7-4-5-8(2)10(12(3)11)9(7)6-13;1-4(3)2-5/h4-5,13H,6,11H2,1-3H3;2H,3H2,1H3. The molecule has 1 rings (SSSR count). The molecule has 102 valence electrons.